The van der Waals surface area contributed by atoms with Gasteiger partial charge in [-0.25, -0.2) is 0 Å². The fourth-order valence-electron chi connectivity index (χ4n) is 1.83. The molecule has 1 N–H and O–H groups in total. The highest BCUT2D eigenvalue weighted by Gasteiger charge is 2.11. The maximum absolute atomic E-state index is 12.0. The fourth-order valence-corrected chi connectivity index (χ4v) is 1.83. The van der Waals surface area contributed by atoms with Crippen LogP contribution in [0.3, 0.4) is 0 Å². The Bertz CT molecular complexity index is 570. The topological polar surface area (TPSA) is 42.2 Å². The Morgan fingerprint density at radius 3 is 2.61 bits per heavy atom. The van der Waals surface area contributed by atoms with Crippen molar-refractivity contribution in [2.75, 3.05) is 5.32 Å². The van der Waals surface area contributed by atoms with Gasteiger partial charge in [0, 0.05) is 12.1 Å². The zero-order valence-electron chi connectivity index (χ0n) is 10.9. The third kappa shape index (κ3) is 2.62. The number of amides is 1. The molecule has 0 fully saturated rings. The number of nitrogens with one attached hydrogen (secondary N) is 1. The van der Waals surface area contributed by atoms with E-state index in [2.05, 4.69) is 5.32 Å². The average Bonchev–Trinajstić information content (AvgIpc) is 2.81. The lowest BCUT2D eigenvalue weighted by Gasteiger charge is -2.07. The zero-order valence-corrected chi connectivity index (χ0v) is 10.9. The molecule has 0 unspecified atom stereocenters. The number of hydrogen-bond acceptors (Lipinski definition) is 2. The van der Waals surface area contributed by atoms with Crippen LogP contribution in [0.2, 0.25) is 0 Å². The normalized spacial score (nSPS) is 10.4. The van der Waals surface area contributed by atoms with Gasteiger partial charge < -0.3 is 9.73 Å². The molecule has 2 aromatic rings. The molecular formula is C15H17NO2. The van der Waals surface area contributed by atoms with Gasteiger partial charge in [0.05, 0.1) is 0 Å². The number of furan rings is 1. The van der Waals surface area contributed by atoms with E-state index in [9.17, 15) is 4.79 Å². The summed E-state index contributed by atoms with van der Waals surface area (Å²) in [7, 11) is 0. The molecule has 0 spiro atoms. The molecule has 0 aliphatic heterocycles. The molecule has 1 heterocycles. The van der Waals surface area contributed by atoms with E-state index < -0.39 is 0 Å². The summed E-state index contributed by atoms with van der Waals surface area (Å²) in [5, 5.41) is 2.86. The molecule has 1 aromatic heterocycles. The van der Waals surface area contributed by atoms with Crippen molar-refractivity contribution in [3.63, 3.8) is 0 Å². The molecular weight excluding hydrogens is 226 g/mol. The summed E-state index contributed by atoms with van der Waals surface area (Å²) in [5.74, 6) is 0.967. The second-order valence-electron chi connectivity index (χ2n) is 4.39. The highest BCUT2D eigenvalue weighted by molar-refractivity contribution is 6.02. The maximum Gasteiger partial charge on any atom is 0.291 e. The van der Waals surface area contributed by atoms with E-state index >= 15 is 0 Å². The standard InChI is InChI=1S/C15H17NO2/c1-4-12-6-8-14(18-12)15(17)16-13-7-5-10(2)9-11(13)3/h5-9H,4H2,1-3H3,(H,16,17). The van der Waals surface area contributed by atoms with Gasteiger partial charge in [0.2, 0.25) is 0 Å². The van der Waals surface area contributed by atoms with E-state index in [1.54, 1.807) is 6.07 Å². The van der Waals surface area contributed by atoms with Crippen LogP contribution in [0.1, 0.15) is 34.4 Å². The first-order chi connectivity index (χ1) is 8.60. The second kappa shape index (κ2) is 5.08. The molecule has 2 rings (SSSR count). The first-order valence-electron chi connectivity index (χ1n) is 6.07. The molecule has 94 valence electrons. The lowest BCUT2D eigenvalue weighted by Crippen LogP contribution is -2.11. The van der Waals surface area contributed by atoms with Crippen molar-refractivity contribution >= 4 is 11.6 Å². The fraction of sp³-hybridized carbons (Fsp3) is 0.267. The van der Waals surface area contributed by atoms with Crippen molar-refractivity contribution in [1.82, 2.24) is 0 Å². The molecule has 18 heavy (non-hydrogen) atoms. The zero-order chi connectivity index (χ0) is 13.1. The molecule has 0 atom stereocenters. The Hall–Kier alpha value is -2.03. The molecule has 3 nitrogen and oxygen atoms in total. The second-order valence-corrected chi connectivity index (χ2v) is 4.39. The molecule has 0 saturated heterocycles. The molecule has 3 heteroatoms. The van der Waals surface area contributed by atoms with Crippen LogP contribution in [0.25, 0.3) is 0 Å². The maximum atomic E-state index is 12.0. The minimum Gasteiger partial charge on any atom is -0.456 e. The molecule has 0 radical (unpaired) electrons. The van der Waals surface area contributed by atoms with Crippen LogP contribution >= 0.6 is 0 Å². The van der Waals surface area contributed by atoms with E-state index in [1.165, 1.54) is 5.56 Å². The molecule has 0 aliphatic carbocycles. The molecule has 1 amide bonds. The van der Waals surface area contributed by atoms with Gasteiger partial charge in [0.15, 0.2) is 5.76 Å². The number of hydrogen-bond donors (Lipinski definition) is 1. The van der Waals surface area contributed by atoms with Crippen molar-refractivity contribution in [2.45, 2.75) is 27.2 Å². The van der Waals surface area contributed by atoms with Crippen LogP contribution in [-0.4, -0.2) is 5.91 Å². The molecule has 0 saturated carbocycles. The van der Waals surface area contributed by atoms with E-state index in [0.717, 1.165) is 23.4 Å². The van der Waals surface area contributed by atoms with Crippen molar-refractivity contribution in [1.29, 1.82) is 0 Å². The summed E-state index contributed by atoms with van der Waals surface area (Å²) in [6.07, 6.45) is 0.789. The molecule has 0 aliphatic rings. The van der Waals surface area contributed by atoms with Gasteiger partial charge in [-0.2, -0.15) is 0 Å². The number of carbonyl (C=O) groups is 1. The monoisotopic (exact) mass is 243 g/mol. The Balaban J connectivity index is 2.16. The van der Waals surface area contributed by atoms with E-state index in [1.807, 2.05) is 45.0 Å². The summed E-state index contributed by atoms with van der Waals surface area (Å²) in [5.41, 5.74) is 3.04. The van der Waals surface area contributed by atoms with Crippen LogP contribution < -0.4 is 5.32 Å². The van der Waals surface area contributed by atoms with E-state index in [0.29, 0.717) is 5.76 Å². The number of aryl methyl sites for hydroxylation is 3. The Morgan fingerprint density at radius 2 is 2.00 bits per heavy atom. The number of benzene rings is 1. The Morgan fingerprint density at radius 1 is 1.22 bits per heavy atom. The van der Waals surface area contributed by atoms with Crippen LogP contribution in [0, 0.1) is 13.8 Å². The Kier molecular flexibility index (Phi) is 3.51. The van der Waals surface area contributed by atoms with Crippen molar-refractivity contribution in [3.8, 4) is 0 Å². The predicted molar refractivity (Wildman–Crippen MR) is 72.0 cm³/mol. The van der Waals surface area contributed by atoms with Crippen LogP contribution in [-0.2, 0) is 6.42 Å². The van der Waals surface area contributed by atoms with Crippen molar-refractivity contribution < 1.29 is 9.21 Å². The van der Waals surface area contributed by atoms with Gasteiger partial charge in [0.1, 0.15) is 5.76 Å². The third-order valence-corrected chi connectivity index (χ3v) is 2.86. The first kappa shape index (κ1) is 12.4. The highest BCUT2D eigenvalue weighted by atomic mass is 16.3. The van der Waals surface area contributed by atoms with Gasteiger partial charge >= 0.3 is 0 Å². The average molecular weight is 243 g/mol. The summed E-state index contributed by atoms with van der Waals surface area (Å²) < 4.78 is 5.42. The SMILES string of the molecule is CCc1ccc(C(=O)Nc2ccc(C)cc2C)o1. The predicted octanol–water partition coefficient (Wildman–Crippen LogP) is 3.71. The van der Waals surface area contributed by atoms with Gasteiger partial charge in [-0.1, -0.05) is 24.6 Å². The number of anilines is 1. The highest BCUT2D eigenvalue weighted by Crippen LogP contribution is 2.18. The van der Waals surface area contributed by atoms with E-state index in [-0.39, 0.29) is 5.91 Å². The Labute approximate surface area is 107 Å². The lowest BCUT2D eigenvalue weighted by atomic mass is 10.1. The van der Waals surface area contributed by atoms with Crippen molar-refractivity contribution in [3.05, 3.63) is 53.0 Å². The summed E-state index contributed by atoms with van der Waals surface area (Å²) in [6.45, 7) is 5.99. The van der Waals surface area contributed by atoms with Crippen LogP contribution in [0.5, 0.6) is 0 Å². The minimum atomic E-state index is -0.207. The van der Waals surface area contributed by atoms with Crippen LogP contribution in [0.4, 0.5) is 5.69 Å². The molecule has 1 aromatic carbocycles. The number of rotatable bonds is 3. The van der Waals surface area contributed by atoms with Gasteiger partial charge in [0.25, 0.3) is 5.91 Å². The number of carbonyl (C=O) groups excluding carboxylic acids is 1. The smallest absolute Gasteiger partial charge is 0.291 e. The quantitative estimate of drug-likeness (QED) is 0.892. The van der Waals surface area contributed by atoms with Gasteiger partial charge in [-0.05, 0) is 37.6 Å². The summed E-state index contributed by atoms with van der Waals surface area (Å²) >= 11 is 0. The summed E-state index contributed by atoms with van der Waals surface area (Å²) in [4.78, 5) is 12.0. The first-order valence-corrected chi connectivity index (χ1v) is 6.07. The van der Waals surface area contributed by atoms with Crippen molar-refractivity contribution in [2.24, 2.45) is 0 Å². The van der Waals surface area contributed by atoms with E-state index in [4.69, 9.17) is 4.42 Å². The lowest BCUT2D eigenvalue weighted by molar-refractivity contribution is 0.0995. The van der Waals surface area contributed by atoms with Crippen LogP contribution in [0.15, 0.2) is 34.7 Å². The third-order valence-electron chi connectivity index (χ3n) is 2.86. The molecule has 0 bridgehead atoms. The van der Waals surface area contributed by atoms with Gasteiger partial charge in [-0.15, -0.1) is 0 Å². The summed E-state index contributed by atoms with van der Waals surface area (Å²) in [6, 6.07) is 9.46. The van der Waals surface area contributed by atoms with Gasteiger partial charge in [-0.3, -0.25) is 4.79 Å². The largest absolute Gasteiger partial charge is 0.456 e. The minimum absolute atomic E-state index is 0.207.